The van der Waals surface area contributed by atoms with Crippen molar-refractivity contribution >= 4 is 37.5 Å². The molecule has 0 radical (unpaired) electrons. The third kappa shape index (κ3) is 5.11. The molecule has 0 spiro atoms. The van der Waals surface area contributed by atoms with Gasteiger partial charge in [-0.25, -0.2) is 8.42 Å². The fraction of sp³-hybridized carbons (Fsp3) is 0.350. The molecule has 0 atom stereocenters. The zero-order valence-electron chi connectivity index (χ0n) is 15.2. The molecule has 1 aliphatic carbocycles. The number of nitrogens with one attached hydrogen (secondary N) is 1. The largest absolute Gasteiger partial charge is 0.341 e. The summed E-state index contributed by atoms with van der Waals surface area (Å²) < 4.78 is 28.7. The van der Waals surface area contributed by atoms with Gasteiger partial charge < -0.3 is 4.90 Å². The topological polar surface area (TPSA) is 66.5 Å². The Morgan fingerprint density at radius 2 is 1.81 bits per heavy atom. The Balaban J connectivity index is 1.75. The number of rotatable bonds is 6. The van der Waals surface area contributed by atoms with E-state index in [0.717, 1.165) is 17.3 Å². The Bertz CT molecular complexity index is 907. The number of sulfonamides is 1. The molecule has 1 fully saturated rings. The molecule has 0 aliphatic heterocycles. The molecule has 0 bridgehead atoms. The van der Waals surface area contributed by atoms with E-state index < -0.39 is 10.0 Å². The lowest BCUT2D eigenvalue weighted by molar-refractivity contribution is 0.0773. The monoisotopic (exact) mass is 450 g/mol. The van der Waals surface area contributed by atoms with Crippen molar-refractivity contribution in [2.45, 2.75) is 30.6 Å². The first-order chi connectivity index (χ1) is 12.8. The zero-order chi connectivity index (χ0) is 19.4. The minimum atomic E-state index is -3.77. The smallest absolute Gasteiger partial charge is 0.261 e. The maximum absolute atomic E-state index is 12.7. The molecule has 144 valence electrons. The molecule has 7 heteroatoms. The molecule has 2 aromatic carbocycles. The van der Waals surface area contributed by atoms with E-state index in [-0.39, 0.29) is 10.8 Å². The van der Waals surface area contributed by atoms with Crippen LogP contribution in [0.25, 0.3) is 0 Å². The SMILES string of the molecule is CN(CC1CCCC1)C(=O)c1cccc(S(=O)(=O)Nc2ccc(Br)cc2)c1. The summed E-state index contributed by atoms with van der Waals surface area (Å²) in [4.78, 5) is 14.5. The fourth-order valence-electron chi connectivity index (χ4n) is 3.41. The molecule has 2 aromatic rings. The van der Waals surface area contributed by atoms with E-state index >= 15 is 0 Å². The van der Waals surface area contributed by atoms with Crippen molar-refractivity contribution in [1.29, 1.82) is 0 Å². The van der Waals surface area contributed by atoms with E-state index in [1.54, 1.807) is 48.3 Å². The van der Waals surface area contributed by atoms with Crippen LogP contribution >= 0.6 is 15.9 Å². The average Bonchev–Trinajstić information content (AvgIpc) is 3.16. The molecule has 3 rings (SSSR count). The molecule has 0 saturated heterocycles. The molecule has 5 nitrogen and oxygen atoms in total. The van der Waals surface area contributed by atoms with Gasteiger partial charge in [0, 0.05) is 29.3 Å². The van der Waals surface area contributed by atoms with Crippen molar-refractivity contribution in [3.8, 4) is 0 Å². The Morgan fingerprint density at radius 3 is 2.48 bits per heavy atom. The lowest BCUT2D eigenvalue weighted by atomic mass is 10.1. The number of benzene rings is 2. The zero-order valence-corrected chi connectivity index (χ0v) is 17.6. The van der Waals surface area contributed by atoms with Crippen LogP contribution in [0, 0.1) is 5.92 Å². The summed E-state index contributed by atoms with van der Waals surface area (Å²) in [5.41, 5.74) is 0.849. The van der Waals surface area contributed by atoms with E-state index in [9.17, 15) is 13.2 Å². The third-order valence-corrected chi connectivity index (χ3v) is 6.75. The number of halogens is 1. The van der Waals surface area contributed by atoms with Crippen molar-refractivity contribution in [2.24, 2.45) is 5.92 Å². The lowest BCUT2D eigenvalue weighted by Gasteiger charge is -2.21. The first-order valence-electron chi connectivity index (χ1n) is 8.99. The standard InChI is InChI=1S/C20H23BrN2O3S/c1-23(14-15-5-2-3-6-15)20(24)16-7-4-8-19(13-16)27(25,26)22-18-11-9-17(21)10-12-18/h4,7-13,15,22H,2-3,5-6,14H2,1H3. The minimum absolute atomic E-state index is 0.0746. The van der Waals surface area contributed by atoms with Gasteiger partial charge in [-0.2, -0.15) is 0 Å². The van der Waals surface area contributed by atoms with Crippen LogP contribution in [0.5, 0.6) is 0 Å². The van der Waals surface area contributed by atoms with Crippen LogP contribution in [-0.2, 0) is 10.0 Å². The van der Waals surface area contributed by atoms with E-state index in [4.69, 9.17) is 0 Å². The Hall–Kier alpha value is -1.86. The van der Waals surface area contributed by atoms with Crippen LogP contribution in [0.4, 0.5) is 5.69 Å². The minimum Gasteiger partial charge on any atom is -0.341 e. The van der Waals surface area contributed by atoms with Gasteiger partial charge in [-0.05, 0) is 61.2 Å². The van der Waals surface area contributed by atoms with Gasteiger partial charge >= 0.3 is 0 Å². The van der Waals surface area contributed by atoms with Gasteiger partial charge in [0.1, 0.15) is 0 Å². The van der Waals surface area contributed by atoms with E-state index in [2.05, 4.69) is 20.7 Å². The van der Waals surface area contributed by atoms with Gasteiger partial charge in [0.25, 0.3) is 15.9 Å². The van der Waals surface area contributed by atoms with Gasteiger partial charge in [0.2, 0.25) is 0 Å². The normalized spacial score (nSPS) is 14.9. The summed E-state index contributed by atoms with van der Waals surface area (Å²) in [6, 6.07) is 13.1. The highest BCUT2D eigenvalue weighted by atomic mass is 79.9. The first kappa shape index (κ1) is 19.9. The number of amides is 1. The van der Waals surface area contributed by atoms with Gasteiger partial charge in [0.05, 0.1) is 4.90 Å². The number of carbonyl (C=O) groups is 1. The molecule has 27 heavy (non-hydrogen) atoms. The summed E-state index contributed by atoms with van der Waals surface area (Å²) in [6.45, 7) is 0.715. The Morgan fingerprint density at radius 1 is 1.15 bits per heavy atom. The highest BCUT2D eigenvalue weighted by molar-refractivity contribution is 9.10. The maximum atomic E-state index is 12.7. The number of hydrogen-bond donors (Lipinski definition) is 1. The average molecular weight is 451 g/mol. The molecule has 0 heterocycles. The molecule has 1 amide bonds. The van der Waals surface area contributed by atoms with Crippen LogP contribution in [0.2, 0.25) is 0 Å². The van der Waals surface area contributed by atoms with Crippen LogP contribution in [0.15, 0.2) is 57.9 Å². The quantitative estimate of drug-likeness (QED) is 0.703. The summed E-state index contributed by atoms with van der Waals surface area (Å²) in [5, 5.41) is 0. The van der Waals surface area contributed by atoms with E-state index in [1.807, 2.05) is 0 Å². The third-order valence-electron chi connectivity index (χ3n) is 4.84. The number of anilines is 1. The molecule has 1 aliphatic rings. The van der Waals surface area contributed by atoms with Crippen molar-refractivity contribution in [2.75, 3.05) is 18.3 Å². The molecular formula is C20H23BrN2O3S. The summed E-state index contributed by atoms with van der Waals surface area (Å²) in [6.07, 6.45) is 4.76. The summed E-state index contributed by atoms with van der Waals surface area (Å²) in [5.74, 6) is 0.396. The predicted octanol–water partition coefficient (Wildman–Crippen LogP) is 4.51. The van der Waals surface area contributed by atoms with Gasteiger partial charge in [0.15, 0.2) is 0 Å². The van der Waals surface area contributed by atoms with Crippen molar-refractivity contribution in [1.82, 2.24) is 4.90 Å². The Labute approximate surface area is 169 Å². The number of carbonyl (C=O) groups excluding carboxylic acids is 1. The lowest BCUT2D eigenvalue weighted by Crippen LogP contribution is -2.31. The van der Waals surface area contributed by atoms with Crippen LogP contribution in [0.1, 0.15) is 36.0 Å². The second-order valence-corrected chi connectivity index (χ2v) is 9.57. The second kappa shape index (κ2) is 8.44. The van der Waals surface area contributed by atoms with E-state index in [0.29, 0.717) is 23.7 Å². The van der Waals surface area contributed by atoms with Crippen LogP contribution in [-0.4, -0.2) is 32.8 Å². The van der Waals surface area contributed by atoms with Gasteiger partial charge in [-0.3, -0.25) is 9.52 Å². The number of nitrogens with zero attached hydrogens (tertiary/aromatic N) is 1. The van der Waals surface area contributed by atoms with Gasteiger partial charge in [-0.15, -0.1) is 0 Å². The van der Waals surface area contributed by atoms with Crippen LogP contribution in [0.3, 0.4) is 0 Å². The molecule has 0 aromatic heterocycles. The predicted molar refractivity (Wildman–Crippen MR) is 110 cm³/mol. The van der Waals surface area contributed by atoms with Crippen LogP contribution < -0.4 is 4.72 Å². The molecule has 1 saturated carbocycles. The first-order valence-corrected chi connectivity index (χ1v) is 11.3. The highest BCUT2D eigenvalue weighted by Gasteiger charge is 2.22. The second-order valence-electron chi connectivity index (χ2n) is 6.98. The molecular weight excluding hydrogens is 428 g/mol. The van der Waals surface area contributed by atoms with Crippen molar-refractivity contribution < 1.29 is 13.2 Å². The molecule has 0 unspecified atom stereocenters. The van der Waals surface area contributed by atoms with Gasteiger partial charge in [-0.1, -0.05) is 34.8 Å². The number of hydrogen-bond acceptors (Lipinski definition) is 3. The highest BCUT2D eigenvalue weighted by Crippen LogP contribution is 2.26. The molecule has 1 N–H and O–H groups in total. The van der Waals surface area contributed by atoms with E-state index in [1.165, 1.54) is 25.0 Å². The van der Waals surface area contributed by atoms with Crippen molar-refractivity contribution in [3.63, 3.8) is 0 Å². The summed E-state index contributed by atoms with van der Waals surface area (Å²) >= 11 is 3.32. The fourth-order valence-corrected chi connectivity index (χ4v) is 4.78. The summed E-state index contributed by atoms with van der Waals surface area (Å²) in [7, 11) is -1.99. The van der Waals surface area contributed by atoms with Crippen molar-refractivity contribution in [3.05, 3.63) is 58.6 Å². The maximum Gasteiger partial charge on any atom is 0.261 e. The Kier molecular flexibility index (Phi) is 6.22.